The topological polar surface area (TPSA) is 71.3 Å². The van der Waals surface area contributed by atoms with E-state index in [2.05, 4.69) is 43.2 Å². The second kappa shape index (κ2) is 7.75. The van der Waals surface area contributed by atoms with E-state index in [1.54, 1.807) is 18.6 Å². The molecular weight excluding hydrogens is 453 g/mol. The quantitative estimate of drug-likeness (QED) is 0.438. The number of nitrogens with one attached hydrogen (secondary N) is 2. The molecule has 0 aliphatic heterocycles. The zero-order chi connectivity index (χ0) is 18.6. The van der Waals surface area contributed by atoms with Gasteiger partial charge in [-0.3, -0.25) is 4.98 Å². The van der Waals surface area contributed by atoms with Gasteiger partial charge in [-0.25, -0.2) is 9.78 Å². The van der Waals surface area contributed by atoms with Crippen LogP contribution in [0.5, 0.6) is 0 Å². The summed E-state index contributed by atoms with van der Waals surface area (Å²) in [4.78, 5) is 20.5. The Balaban J connectivity index is 1.39. The van der Waals surface area contributed by atoms with E-state index in [0.29, 0.717) is 6.54 Å². The minimum atomic E-state index is -0.245. The maximum Gasteiger partial charge on any atom is 0.319 e. The van der Waals surface area contributed by atoms with E-state index >= 15 is 0 Å². The molecule has 7 heteroatoms. The fourth-order valence-corrected chi connectivity index (χ4v) is 3.61. The van der Waals surface area contributed by atoms with Gasteiger partial charge in [-0.1, -0.05) is 6.07 Å². The van der Waals surface area contributed by atoms with Crippen molar-refractivity contribution in [1.29, 1.82) is 0 Å². The van der Waals surface area contributed by atoms with Crippen LogP contribution in [-0.2, 0) is 6.54 Å². The number of aromatic nitrogens is 3. The molecule has 3 heterocycles. The van der Waals surface area contributed by atoms with Crippen LogP contribution in [0.4, 0.5) is 10.5 Å². The minimum absolute atomic E-state index is 0.245. The van der Waals surface area contributed by atoms with E-state index < -0.39 is 0 Å². The lowest BCUT2D eigenvalue weighted by atomic mass is 10.1. The zero-order valence-corrected chi connectivity index (χ0v) is 16.4. The molecule has 134 valence electrons. The second-order valence-corrected chi connectivity index (χ2v) is 7.13. The molecule has 0 saturated heterocycles. The van der Waals surface area contributed by atoms with Crippen molar-refractivity contribution in [2.24, 2.45) is 0 Å². The number of fused-ring (bicyclic) bond motifs is 1. The highest BCUT2D eigenvalue weighted by Crippen LogP contribution is 2.27. The van der Waals surface area contributed by atoms with E-state index in [4.69, 9.17) is 0 Å². The molecular formula is C20H16IN5O. The number of urea groups is 1. The van der Waals surface area contributed by atoms with Crippen LogP contribution in [-0.4, -0.2) is 20.4 Å². The van der Waals surface area contributed by atoms with Crippen LogP contribution in [0.15, 0.2) is 73.4 Å². The second-order valence-electron chi connectivity index (χ2n) is 5.97. The third kappa shape index (κ3) is 4.08. The first-order valence-electron chi connectivity index (χ1n) is 8.35. The van der Waals surface area contributed by atoms with Gasteiger partial charge in [0, 0.05) is 46.8 Å². The zero-order valence-electron chi connectivity index (χ0n) is 14.3. The maximum absolute atomic E-state index is 12.2. The monoisotopic (exact) mass is 469 g/mol. The molecule has 6 nitrogen and oxygen atoms in total. The summed E-state index contributed by atoms with van der Waals surface area (Å²) in [5, 5.41) is 5.75. The highest BCUT2D eigenvalue weighted by molar-refractivity contribution is 14.1. The average molecular weight is 469 g/mol. The number of amides is 2. The van der Waals surface area contributed by atoms with Crippen molar-refractivity contribution in [3.8, 4) is 11.1 Å². The number of hydrogen-bond donors (Lipinski definition) is 2. The van der Waals surface area contributed by atoms with Crippen molar-refractivity contribution >= 4 is 40.0 Å². The van der Waals surface area contributed by atoms with E-state index in [-0.39, 0.29) is 6.03 Å². The van der Waals surface area contributed by atoms with Crippen LogP contribution in [0.2, 0.25) is 0 Å². The summed E-state index contributed by atoms with van der Waals surface area (Å²) in [7, 11) is 0. The third-order valence-electron chi connectivity index (χ3n) is 4.13. The van der Waals surface area contributed by atoms with Crippen LogP contribution in [0.1, 0.15) is 5.56 Å². The summed E-state index contributed by atoms with van der Waals surface area (Å²) in [5.41, 5.74) is 4.80. The fraction of sp³-hybridized carbons (Fsp3) is 0.0500. The Labute approximate surface area is 169 Å². The summed E-state index contributed by atoms with van der Waals surface area (Å²) in [6.07, 6.45) is 9.10. The lowest BCUT2D eigenvalue weighted by Gasteiger charge is -2.10. The summed E-state index contributed by atoms with van der Waals surface area (Å²) >= 11 is 2.27. The van der Waals surface area contributed by atoms with Crippen molar-refractivity contribution in [2.75, 3.05) is 5.32 Å². The molecule has 2 N–H and O–H groups in total. The van der Waals surface area contributed by atoms with Gasteiger partial charge in [0.1, 0.15) is 5.65 Å². The van der Waals surface area contributed by atoms with Crippen LogP contribution in [0.3, 0.4) is 0 Å². The van der Waals surface area contributed by atoms with E-state index in [1.165, 1.54) is 0 Å². The number of rotatable bonds is 4. The van der Waals surface area contributed by atoms with Crippen molar-refractivity contribution in [3.63, 3.8) is 0 Å². The van der Waals surface area contributed by atoms with Gasteiger partial charge >= 0.3 is 6.03 Å². The Morgan fingerprint density at radius 2 is 1.89 bits per heavy atom. The Morgan fingerprint density at radius 1 is 1.04 bits per heavy atom. The summed E-state index contributed by atoms with van der Waals surface area (Å²) in [6.45, 7) is 0.432. The minimum Gasteiger partial charge on any atom is -0.334 e. The van der Waals surface area contributed by atoms with Crippen LogP contribution >= 0.6 is 22.6 Å². The number of halogens is 1. The molecule has 4 rings (SSSR count). The molecule has 3 aromatic heterocycles. The lowest BCUT2D eigenvalue weighted by Crippen LogP contribution is -2.28. The Hall–Kier alpha value is -2.94. The van der Waals surface area contributed by atoms with Gasteiger partial charge in [-0.15, -0.1) is 0 Å². The lowest BCUT2D eigenvalue weighted by molar-refractivity contribution is 0.251. The highest BCUT2D eigenvalue weighted by Gasteiger charge is 2.07. The molecule has 0 spiro atoms. The largest absolute Gasteiger partial charge is 0.334 e. The van der Waals surface area contributed by atoms with Crippen LogP contribution < -0.4 is 10.6 Å². The number of benzene rings is 1. The molecule has 0 unspecified atom stereocenters. The molecule has 27 heavy (non-hydrogen) atoms. The van der Waals surface area contributed by atoms with Crippen molar-refractivity contribution in [1.82, 2.24) is 19.7 Å². The maximum atomic E-state index is 12.2. The smallest absolute Gasteiger partial charge is 0.319 e. The van der Waals surface area contributed by atoms with Crippen LogP contribution in [0.25, 0.3) is 16.8 Å². The first-order chi connectivity index (χ1) is 13.2. The Morgan fingerprint density at radius 3 is 2.70 bits per heavy atom. The Kier molecular flexibility index (Phi) is 5.01. The molecule has 2 amide bonds. The predicted octanol–water partition coefficient (Wildman–Crippen LogP) is 4.32. The normalized spacial score (nSPS) is 10.7. The van der Waals surface area contributed by atoms with E-state index in [0.717, 1.165) is 31.6 Å². The summed E-state index contributed by atoms with van der Waals surface area (Å²) in [6, 6.07) is 13.4. The predicted molar refractivity (Wildman–Crippen MR) is 113 cm³/mol. The third-order valence-corrected chi connectivity index (χ3v) is 5.03. The molecule has 0 aliphatic carbocycles. The van der Waals surface area contributed by atoms with Crippen molar-refractivity contribution < 1.29 is 4.79 Å². The van der Waals surface area contributed by atoms with Crippen molar-refractivity contribution in [3.05, 3.63) is 82.6 Å². The van der Waals surface area contributed by atoms with E-state index in [1.807, 2.05) is 59.3 Å². The standard InChI is InChI=1S/C20H16IN5O/c21-18-12-16(1-2-17(18)15-3-6-22-7-4-15)25-20(27)24-13-14-5-9-26-10-8-23-19(26)11-14/h1-12H,13H2,(H2,24,25,27). The molecule has 0 radical (unpaired) electrons. The first-order valence-corrected chi connectivity index (χ1v) is 9.43. The average Bonchev–Trinajstić information content (AvgIpc) is 3.15. The number of anilines is 1. The highest BCUT2D eigenvalue weighted by atomic mass is 127. The molecule has 0 bridgehead atoms. The van der Waals surface area contributed by atoms with Gasteiger partial charge in [-0.05, 0) is 75.7 Å². The van der Waals surface area contributed by atoms with Gasteiger partial charge in [0.25, 0.3) is 0 Å². The SMILES string of the molecule is O=C(NCc1ccn2ccnc2c1)Nc1ccc(-c2ccncc2)c(I)c1. The first kappa shape index (κ1) is 17.5. The summed E-state index contributed by atoms with van der Waals surface area (Å²) < 4.78 is 2.98. The van der Waals surface area contributed by atoms with Gasteiger partial charge in [0.15, 0.2) is 0 Å². The number of nitrogens with zero attached hydrogens (tertiary/aromatic N) is 3. The number of imidazole rings is 1. The van der Waals surface area contributed by atoms with Gasteiger partial charge in [-0.2, -0.15) is 0 Å². The van der Waals surface area contributed by atoms with Gasteiger partial charge in [0.05, 0.1) is 0 Å². The molecule has 1 aromatic carbocycles. The summed E-state index contributed by atoms with van der Waals surface area (Å²) in [5.74, 6) is 0. The van der Waals surface area contributed by atoms with Gasteiger partial charge < -0.3 is 15.0 Å². The molecule has 0 aliphatic rings. The molecule has 0 saturated carbocycles. The Bertz CT molecular complexity index is 1090. The van der Waals surface area contributed by atoms with Crippen LogP contribution in [0, 0.1) is 3.57 Å². The number of hydrogen-bond acceptors (Lipinski definition) is 3. The van der Waals surface area contributed by atoms with Gasteiger partial charge in [0.2, 0.25) is 0 Å². The van der Waals surface area contributed by atoms with E-state index in [9.17, 15) is 4.79 Å². The fourth-order valence-electron chi connectivity index (χ4n) is 2.78. The van der Waals surface area contributed by atoms with Crippen molar-refractivity contribution in [2.45, 2.75) is 6.54 Å². The molecule has 0 atom stereocenters. The molecule has 0 fully saturated rings. The number of carbonyl (C=O) groups excluding carboxylic acids is 1. The molecule has 4 aromatic rings. The number of pyridine rings is 2. The number of carbonyl (C=O) groups is 1.